The van der Waals surface area contributed by atoms with E-state index < -0.39 is 0 Å². The number of nitrogens with zero attached hydrogens (tertiary/aromatic N) is 5. The number of ether oxygens (including phenoxy) is 1. The second-order valence-electron chi connectivity index (χ2n) is 6.78. The van der Waals surface area contributed by atoms with Crippen molar-refractivity contribution >= 4 is 11.7 Å². The molecule has 8 nitrogen and oxygen atoms in total. The molecule has 3 heterocycles. The van der Waals surface area contributed by atoms with Crippen molar-refractivity contribution < 1.29 is 14.1 Å². The molecule has 140 valence electrons. The molecule has 1 amide bonds. The Morgan fingerprint density at radius 3 is 2.81 bits per heavy atom. The van der Waals surface area contributed by atoms with Crippen molar-refractivity contribution in [2.45, 2.75) is 39.2 Å². The van der Waals surface area contributed by atoms with Crippen LogP contribution in [-0.4, -0.2) is 59.2 Å². The van der Waals surface area contributed by atoms with Crippen LogP contribution in [0.15, 0.2) is 16.9 Å². The molecular formula is C18H25N5O3. The maximum Gasteiger partial charge on any atom is 0.257 e. The summed E-state index contributed by atoms with van der Waals surface area (Å²) in [6.07, 6.45) is 5.26. The number of hydrogen-bond acceptors (Lipinski definition) is 7. The molecule has 1 aliphatic heterocycles. The van der Waals surface area contributed by atoms with Gasteiger partial charge in [-0.2, -0.15) is 0 Å². The van der Waals surface area contributed by atoms with E-state index >= 15 is 0 Å². The number of hydrogen-bond donors (Lipinski definition) is 0. The molecule has 1 saturated heterocycles. The summed E-state index contributed by atoms with van der Waals surface area (Å²) in [6.45, 7) is 4.98. The summed E-state index contributed by atoms with van der Waals surface area (Å²) in [5.74, 6) is 1.96. The number of aromatic nitrogens is 3. The first kappa shape index (κ1) is 18.2. The van der Waals surface area contributed by atoms with Gasteiger partial charge in [0.1, 0.15) is 11.9 Å². The second kappa shape index (κ2) is 7.72. The van der Waals surface area contributed by atoms with Crippen LogP contribution in [0.1, 0.15) is 29.9 Å². The molecule has 26 heavy (non-hydrogen) atoms. The monoisotopic (exact) mass is 359 g/mol. The van der Waals surface area contributed by atoms with Gasteiger partial charge in [-0.3, -0.25) is 4.79 Å². The van der Waals surface area contributed by atoms with Gasteiger partial charge in [0.25, 0.3) is 5.88 Å². The van der Waals surface area contributed by atoms with E-state index in [1.54, 1.807) is 12.4 Å². The third-order valence-corrected chi connectivity index (χ3v) is 4.59. The lowest BCUT2D eigenvalue weighted by molar-refractivity contribution is -0.133. The highest BCUT2D eigenvalue weighted by Crippen LogP contribution is 2.24. The molecule has 0 radical (unpaired) electrons. The van der Waals surface area contributed by atoms with Crippen LogP contribution in [0.2, 0.25) is 0 Å². The fourth-order valence-corrected chi connectivity index (χ4v) is 3.14. The van der Waals surface area contributed by atoms with E-state index in [4.69, 9.17) is 9.26 Å². The Balaban J connectivity index is 1.65. The van der Waals surface area contributed by atoms with Crippen molar-refractivity contribution in [2.24, 2.45) is 0 Å². The molecule has 1 atom stereocenters. The molecule has 1 fully saturated rings. The molecular weight excluding hydrogens is 334 g/mol. The van der Waals surface area contributed by atoms with Gasteiger partial charge in [0, 0.05) is 38.6 Å². The quantitative estimate of drug-likeness (QED) is 0.804. The molecule has 8 heteroatoms. The fraction of sp³-hybridized carbons (Fsp3) is 0.556. The minimum atomic E-state index is -0.0900. The Kier molecular flexibility index (Phi) is 5.39. The number of rotatable bonds is 5. The number of likely N-dealkylation sites (tertiary alicyclic amines) is 1. The molecule has 0 aromatic carbocycles. The highest BCUT2D eigenvalue weighted by molar-refractivity contribution is 5.79. The maximum atomic E-state index is 12.7. The van der Waals surface area contributed by atoms with Crippen LogP contribution in [0.25, 0.3) is 0 Å². The van der Waals surface area contributed by atoms with Crippen molar-refractivity contribution in [3.05, 3.63) is 29.4 Å². The zero-order valence-electron chi connectivity index (χ0n) is 15.7. The average molecular weight is 359 g/mol. The van der Waals surface area contributed by atoms with Gasteiger partial charge in [0.15, 0.2) is 5.82 Å². The van der Waals surface area contributed by atoms with E-state index in [1.165, 1.54) is 0 Å². The van der Waals surface area contributed by atoms with Crippen LogP contribution in [0.4, 0.5) is 5.82 Å². The summed E-state index contributed by atoms with van der Waals surface area (Å²) in [4.78, 5) is 25.0. The number of carbonyl (C=O) groups is 1. The molecule has 2 aromatic heterocycles. The van der Waals surface area contributed by atoms with Gasteiger partial charge in [-0.05, 0) is 26.7 Å². The lowest BCUT2D eigenvalue weighted by atomic mass is 10.1. The van der Waals surface area contributed by atoms with E-state index in [2.05, 4.69) is 15.1 Å². The van der Waals surface area contributed by atoms with E-state index in [1.807, 2.05) is 37.7 Å². The average Bonchev–Trinajstić information content (AvgIpc) is 2.94. The van der Waals surface area contributed by atoms with Crippen LogP contribution in [0, 0.1) is 13.8 Å². The second-order valence-corrected chi connectivity index (χ2v) is 6.78. The zero-order chi connectivity index (χ0) is 18.7. The summed E-state index contributed by atoms with van der Waals surface area (Å²) < 4.78 is 11.2. The van der Waals surface area contributed by atoms with Gasteiger partial charge >= 0.3 is 0 Å². The molecule has 0 saturated carbocycles. The third-order valence-electron chi connectivity index (χ3n) is 4.59. The smallest absolute Gasteiger partial charge is 0.257 e. The molecule has 1 aliphatic rings. The molecule has 0 spiro atoms. The van der Waals surface area contributed by atoms with Crippen LogP contribution >= 0.6 is 0 Å². The first-order chi connectivity index (χ1) is 12.5. The van der Waals surface area contributed by atoms with Crippen molar-refractivity contribution in [3.8, 4) is 5.88 Å². The van der Waals surface area contributed by atoms with Crippen molar-refractivity contribution in [3.63, 3.8) is 0 Å². The third kappa shape index (κ3) is 3.95. The summed E-state index contributed by atoms with van der Waals surface area (Å²) in [7, 11) is 3.80. The highest BCUT2D eigenvalue weighted by Gasteiger charge is 2.27. The van der Waals surface area contributed by atoms with Crippen LogP contribution in [-0.2, 0) is 11.2 Å². The fourth-order valence-electron chi connectivity index (χ4n) is 3.14. The predicted molar refractivity (Wildman–Crippen MR) is 96.3 cm³/mol. The van der Waals surface area contributed by atoms with E-state index in [-0.39, 0.29) is 12.0 Å². The molecule has 0 bridgehead atoms. The van der Waals surface area contributed by atoms with Crippen molar-refractivity contribution in [1.29, 1.82) is 0 Å². The minimum Gasteiger partial charge on any atom is -0.470 e. The first-order valence-corrected chi connectivity index (χ1v) is 8.80. The van der Waals surface area contributed by atoms with Gasteiger partial charge in [0.05, 0.1) is 18.7 Å². The van der Waals surface area contributed by atoms with Gasteiger partial charge < -0.3 is 19.1 Å². The Morgan fingerprint density at radius 1 is 1.35 bits per heavy atom. The van der Waals surface area contributed by atoms with E-state index in [0.717, 1.165) is 30.6 Å². The van der Waals surface area contributed by atoms with Gasteiger partial charge in [0.2, 0.25) is 5.91 Å². The molecule has 0 unspecified atom stereocenters. The normalized spacial score (nSPS) is 17.2. The summed E-state index contributed by atoms with van der Waals surface area (Å²) in [6, 6.07) is 0. The number of carbonyl (C=O) groups excluding carboxylic acids is 1. The summed E-state index contributed by atoms with van der Waals surface area (Å²) in [5.41, 5.74) is 1.65. The van der Waals surface area contributed by atoms with Gasteiger partial charge in [-0.25, -0.2) is 9.97 Å². The summed E-state index contributed by atoms with van der Waals surface area (Å²) in [5, 5.41) is 3.92. The molecule has 3 rings (SSSR count). The molecule has 2 aromatic rings. The Bertz CT molecular complexity index is 754. The Labute approximate surface area is 153 Å². The SMILES string of the molecule is Cc1noc(C)c1CC(=O)N1CCC[C@@H](Oc2nccnc2N(C)C)C1. The van der Waals surface area contributed by atoms with Crippen LogP contribution in [0.3, 0.4) is 0 Å². The predicted octanol–water partition coefficient (Wildman–Crippen LogP) is 1.76. The molecule has 0 N–H and O–H groups in total. The first-order valence-electron chi connectivity index (χ1n) is 8.80. The number of anilines is 1. The number of piperidine rings is 1. The standard InChI is InChI=1S/C18H25N5O3/c1-12-15(13(2)26-21-12)10-16(24)23-9-5-6-14(11-23)25-18-17(22(3)4)19-7-8-20-18/h7-8,14H,5-6,9-11H2,1-4H3/t14-/m1/s1. The lowest BCUT2D eigenvalue weighted by Crippen LogP contribution is -2.45. The molecule has 0 aliphatic carbocycles. The van der Waals surface area contributed by atoms with E-state index in [9.17, 15) is 4.79 Å². The van der Waals surface area contributed by atoms with Crippen LogP contribution in [0.5, 0.6) is 5.88 Å². The largest absolute Gasteiger partial charge is 0.470 e. The maximum absolute atomic E-state index is 12.7. The Hall–Kier alpha value is -2.64. The van der Waals surface area contributed by atoms with Crippen LogP contribution < -0.4 is 9.64 Å². The lowest BCUT2D eigenvalue weighted by Gasteiger charge is -2.33. The highest BCUT2D eigenvalue weighted by atomic mass is 16.5. The van der Waals surface area contributed by atoms with Gasteiger partial charge in [-0.15, -0.1) is 0 Å². The van der Waals surface area contributed by atoms with E-state index in [0.29, 0.717) is 30.4 Å². The number of amides is 1. The minimum absolute atomic E-state index is 0.0691. The van der Waals surface area contributed by atoms with Crippen molar-refractivity contribution in [1.82, 2.24) is 20.0 Å². The zero-order valence-corrected chi connectivity index (χ0v) is 15.7. The van der Waals surface area contributed by atoms with Gasteiger partial charge in [-0.1, -0.05) is 5.16 Å². The number of aryl methyl sites for hydroxylation is 2. The summed E-state index contributed by atoms with van der Waals surface area (Å²) >= 11 is 0. The Morgan fingerprint density at radius 2 is 2.12 bits per heavy atom. The topological polar surface area (TPSA) is 84.6 Å². The van der Waals surface area contributed by atoms with Crippen molar-refractivity contribution in [2.75, 3.05) is 32.1 Å².